The fourth-order valence-corrected chi connectivity index (χ4v) is 3.86. The number of furan rings is 1. The molecule has 1 aliphatic heterocycles. The molecule has 0 radical (unpaired) electrons. The van der Waals surface area contributed by atoms with Crippen molar-refractivity contribution in [3.63, 3.8) is 0 Å². The van der Waals surface area contributed by atoms with Crippen molar-refractivity contribution in [2.24, 2.45) is 0 Å². The van der Waals surface area contributed by atoms with Gasteiger partial charge in [-0.1, -0.05) is 30.7 Å². The lowest BCUT2D eigenvalue weighted by Gasteiger charge is -2.28. The van der Waals surface area contributed by atoms with Gasteiger partial charge in [-0.3, -0.25) is 29.9 Å². The molecule has 1 aromatic heterocycles. The van der Waals surface area contributed by atoms with Crippen LogP contribution in [0.5, 0.6) is 0 Å². The van der Waals surface area contributed by atoms with Gasteiger partial charge in [-0.2, -0.15) is 0 Å². The van der Waals surface area contributed by atoms with Crippen molar-refractivity contribution in [2.75, 3.05) is 4.90 Å². The molecule has 0 spiro atoms. The summed E-state index contributed by atoms with van der Waals surface area (Å²) < 4.78 is 5.73. The Balaban J connectivity index is 1.65. The third kappa shape index (κ3) is 4.41. The predicted molar refractivity (Wildman–Crippen MR) is 128 cm³/mol. The number of anilines is 1. The van der Waals surface area contributed by atoms with Crippen LogP contribution in [0.25, 0.3) is 17.4 Å². The second kappa shape index (κ2) is 8.97. The van der Waals surface area contributed by atoms with E-state index in [1.807, 2.05) is 19.1 Å². The monoisotopic (exact) mass is 481 g/mol. The third-order valence-corrected chi connectivity index (χ3v) is 5.64. The van der Waals surface area contributed by atoms with Crippen molar-refractivity contribution >= 4 is 58.2 Å². The standard InChI is InChI=1S/C23H16ClN3O5S/c1-2-13-3-5-14(6-4-13)26-22(29)18(21(28)25-23(26)33)12-16-8-10-20(32-16)17-9-7-15(27(30)31)11-19(17)24/h3-12H,2H2,1H3,(H,25,28,33). The molecular weight excluding hydrogens is 466 g/mol. The molecule has 3 aromatic rings. The summed E-state index contributed by atoms with van der Waals surface area (Å²) in [6.45, 7) is 2.02. The number of hydrogen-bond acceptors (Lipinski definition) is 6. The van der Waals surface area contributed by atoms with Crippen molar-refractivity contribution in [2.45, 2.75) is 13.3 Å². The second-order valence-electron chi connectivity index (χ2n) is 7.10. The average Bonchev–Trinajstić information content (AvgIpc) is 3.25. The molecule has 2 aromatic carbocycles. The van der Waals surface area contributed by atoms with Crippen LogP contribution in [0, 0.1) is 10.1 Å². The first-order valence-corrected chi connectivity index (χ1v) is 10.6. The van der Waals surface area contributed by atoms with Gasteiger partial charge < -0.3 is 4.42 Å². The van der Waals surface area contributed by atoms with E-state index in [1.165, 1.54) is 29.2 Å². The number of thiocarbonyl (C=S) groups is 1. The van der Waals surface area contributed by atoms with Crippen LogP contribution in [0.3, 0.4) is 0 Å². The van der Waals surface area contributed by atoms with E-state index < -0.39 is 16.7 Å². The number of nitro benzene ring substituents is 1. The summed E-state index contributed by atoms with van der Waals surface area (Å²) in [5.41, 5.74) is 1.77. The van der Waals surface area contributed by atoms with Crippen molar-refractivity contribution < 1.29 is 18.9 Å². The molecule has 1 fully saturated rings. The molecule has 2 heterocycles. The molecular formula is C23H16ClN3O5S. The topological polar surface area (TPSA) is 106 Å². The number of nitrogens with zero attached hydrogens (tertiary/aromatic N) is 2. The van der Waals surface area contributed by atoms with Gasteiger partial charge in [-0.15, -0.1) is 0 Å². The third-order valence-electron chi connectivity index (χ3n) is 5.05. The normalized spacial score (nSPS) is 15.2. The molecule has 1 aliphatic rings. The highest BCUT2D eigenvalue weighted by atomic mass is 35.5. The van der Waals surface area contributed by atoms with E-state index in [0.717, 1.165) is 12.0 Å². The second-order valence-corrected chi connectivity index (χ2v) is 7.90. The quantitative estimate of drug-likeness (QED) is 0.183. The van der Waals surface area contributed by atoms with Gasteiger partial charge in [0.15, 0.2) is 5.11 Å². The van der Waals surface area contributed by atoms with E-state index in [2.05, 4.69) is 5.32 Å². The minimum atomic E-state index is -0.641. The van der Waals surface area contributed by atoms with E-state index in [4.69, 9.17) is 28.2 Å². The number of hydrogen-bond donors (Lipinski definition) is 1. The number of nitro groups is 1. The average molecular weight is 482 g/mol. The summed E-state index contributed by atoms with van der Waals surface area (Å²) >= 11 is 11.4. The highest BCUT2D eigenvalue weighted by Gasteiger charge is 2.34. The van der Waals surface area contributed by atoms with Gasteiger partial charge >= 0.3 is 0 Å². The van der Waals surface area contributed by atoms with Crippen molar-refractivity contribution in [1.29, 1.82) is 0 Å². The van der Waals surface area contributed by atoms with Gasteiger partial charge in [-0.25, -0.2) is 0 Å². The fraction of sp³-hybridized carbons (Fsp3) is 0.0870. The Hall–Kier alpha value is -3.82. The Bertz CT molecular complexity index is 1330. The number of aryl methyl sites for hydroxylation is 1. The Morgan fingerprint density at radius 3 is 2.52 bits per heavy atom. The summed E-state index contributed by atoms with van der Waals surface area (Å²) in [7, 11) is 0. The molecule has 2 amide bonds. The zero-order valence-corrected chi connectivity index (χ0v) is 18.8. The molecule has 0 atom stereocenters. The summed E-state index contributed by atoms with van der Waals surface area (Å²) in [4.78, 5) is 37.2. The highest BCUT2D eigenvalue weighted by Crippen LogP contribution is 2.33. The van der Waals surface area contributed by atoms with Crippen LogP contribution in [0.2, 0.25) is 5.02 Å². The van der Waals surface area contributed by atoms with Gasteiger partial charge in [0.2, 0.25) is 0 Å². The van der Waals surface area contributed by atoms with Gasteiger partial charge in [-0.05, 0) is 60.6 Å². The van der Waals surface area contributed by atoms with Crippen LogP contribution in [-0.4, -0.2) is 21.9 Å². The van der Waals surface area contributed by atoms with E-state index in [-0.39, 0.29) is 27.2 Å². The number of carbonyl (C=O) groups is 2. The minimum Gasteiger partial charge on any atom is -0.457 e. The number of rotatable bonds is 5. The molecule has 0 aliphatic carbocycles. The lowest BCUT2D eigenvalue weighted by Crippen LogP contribution is -2.54. The Morgan fingerprint density at radius 2 is 1.88 bits per heavy atom. The largest absolute Gasteiger partial charge is 0.457 e. The number of benzene rings is 2. The van der Waals surface area contributed by atoms with Crippen LogP contribution >= 0.6 is 23.8 Å². The van der Waals surface area contributed by atoms with Crippen molar-refractivity contribution in [3.05, 3.63) is 86.6 Å². The molecule has 33 heavy (non-hydrogen) atoms. The molecule has 166 valence electrons. The van der Waals surface area contributed by atoms with Crippen LogP contribution in [0.1, 0.15) is 18.2 Å². The van der Waals surface area contributed by atoms with E-state index >= 15 is 0 Å². The predicted octanol–water partition coefficient (Wildman–Crippen LogP) is 4.90. The Labute approximate surface area is 198 Å². The molecule has 8 nitrogen and oxygen atoms in total. The fourth-order valence-electron chi connectivity index (χ4n) is 3.31. The molecule has 1 N–H and O–H groups in total. The number of nitrogens with one attached hydrogen (secondary N) is 1. The molecule has 4 rings (SSSR count). The lowest BCUT2D eigenvalue weighted by atomic mass is 10.1. The number of halogens is 1. The first kappa shape index (κ1) is 22.4. The van der Waals surface area contributed by atoms with E-state index in [9.17, 15) is 19.7 Å². The molecule has 10 heteroatoms. The summed E-state index contributed by atoms with van der Waals surface area (Å²) in [6, 6.07) is 14.5. The summed E-state index contributed by atoms with van der Waals surface area (Å²) in [6.07, 6.45) is 2.16. The Kier molecular flexibility index (Phi) is 6.08. The maximum Gasteiger partial charge on any atom is 0.270 e. The SMILES string of the molecule is CCc1ccc(N2C(=O)C(=Cc3ccc(-c4ccc([N+](=O)[O-])cc4Cl)o3)C(=O)NC2=S)cc1. The first-order chi connectivity index (χ1) is 15.8. The van der Waals surface area contributed by atoms with Crippen LogP contribution < -0.4 is 10.2 Å². The lowest BCUT2D eigenvalue weighted by molar-refractivity contribution is -0.384. The van der Waals surface area contributed by atoms with Crippen LogP contribution in [-0.2, 0) is 16.0 Å². The minimum absolute atomic E-state index is 0.0100. The van der Waals surface area contributed by atoms with Crippen molar-refractivity contribution in [1.82, 2.24) is 5.32 Å². The first-order valence-electron chi connectivity index (χ1n) is 9.83. The number of amides is 2. The van der Waals surface area contributed by atoms with Gasteiger partial charge in [0.05, 0.1) is 15.6 Å². The van der Waals surface area contributed by atoms with Crippen LogP contribution in [0.4, 0.5) is 11.4 Å². The van der Waals surface area contributed by atoms with Crippen LogP contribution in [0.15, 0.2) is 64.6 Å². The molecule has 1 saturated heterocycles. The maximum absolute atomic E-state index is 13.1. The summed E-state index contributed by atoms with van der Waals surface area (Å²) in [5, 5.41) is 13.6. The molecule has 0 unspecified atom stereocenters. The smallest absolute Gasteiger partial charge is 0.270 e. The number of non-ortho nitro benzene ring substituents is 1. The van der Waals surface area contributed by atoms with E-state index in [1.54, 1.807) is 24.3 Å². The molecule has 0 saturated carbocycles. The highest BCUT2D eigenvalue weighted by molar-refractivity contribution is 7.80. The van der Waals surface area contributed by atoms with E-state index in [0.29, 0.717) is 17.0 Å². The summed E-state index contributed by atoms with van der Waals surface area (Å²) in [5.74, 6) is -0.669. The molecule has 0 bridgehead atoms. The zero-order chi connectivity index (χ0) is 23.7. The van der Waals surface area contributed by atoms with Gasteiger partial charge in [0.25, 0.3) is 17.5 Å². The maximum atomic E-state index is 13.1. The zero-order valence-electron chi connectivity index (χ0n) is 17.2. The van der Waals surface area contributed by atoms with Crippen molar-refractivity contribution in [3.8, 4) is 11.3 Å². The Morgan fingerprint density at radius 1 is 1.15 bits per heavy atom. The van der Waals surface area contributed by atoms with Gasteiger partial charge in [0.1, 0.15) is 17.1 Å². The number of carbonyl (C=O) groups excluding carboxylic acids is 2. The van der Waals surface area contributed by atoms with Gasteiger partial charge in [0, 0.05) is 17.7 Å².